The predicted octanol–water partition coefficient (Wildman–Crippen LogP) is 0.902. The van der Waals surface area contributed by atoms with E-state index in [1.807, 2.05) is 23.9 Å². The number of methoxy groups -OCH3 is 1. The summed E-state index contributed by atoms with van der Waals surface area (Å²) in [5.41, 5.74) is 0.835. The molecule has 1 atom stereocenters. The van der Waals surface area contributed by atoms with Crippen molar-refractivity contribution < 1.29 is 13.2 Å². The molecule has 0 aliphatic carbocycles. The Labute approximate surface area is 142 Å². The van der Waals surface area contributed by atoms with E-state index in [2.05, 4.69) is 10.3 Å². The lowest BCUT2D eigenvalue weighted by molar-refractivity contribution is 0.184. The minimum absolute atomic E-state index is 0.290. The van der Waals surface area contributed by atoms with Gasteiger partial charge >= 0.3 is 0 Å². The van der Waals surface area contributed by atoms with Crippen molar-refractivity contribution in [1.29, 1.82) is 0 Å². The van der Waals surface area contributed by atoms with Gasteiger partial charge in [-0.15, -0.1) is 0 Å². The van der Waals surface area contributed by atoms with Crippen molar-refractivity contribution in [3.8, 4) is 0 Å². The molecule has 0 radical (unpaired) electrons. The lowest BCUT2D eigenvalue weighted by Gasteiger charge is -2.34. The number of nitrogens with zero attached hydrogens (tertiary/aromatic N) is 3. The molecule has 2 aromatic rings. The first-order chi connectivity index (χ1) is 11.5. The highest BCUT2D eigenvalue weighted by atomic mass is 32.2. The first kappa shape index (κ1) is 17.1. The third-order valence-corrected chi connectivity index (χ3v) is 6.07. The number of aryl methyl sites for hydroxylation is 1. The van der Waals surface area contributed by atoms with Gasteiger partial charge in [-0.3, -0.25) is 0 Å². The number of sulfonamides is 1. The Morgan fingerprint density at radius 3 is 2.96 bits per heavy atom. The number of piperazine rings is 1. The van der Waals surface area contributed by atoms with Crippen LogP contribution >= 0.6 is 0 Å². The maximum atomic E-state index is 13.2. The normalized spacial score (nSPS) is 19.5. The third-order valence-electron chi connectivity index (χ3n) is 4.17. The molecule has 1 N–H and O–H groups in total. The zero-order chi connectivity index (χ0) is 17.2. The summed E-state index contributed by atoms with van der Waals surface area (Å²) in [6.07, 6.45) is 3.52. The SMILES string of the molecule is COCc1cccc(S(=O)(=O)N2CCNCC2c2nccn2C)c1. The van der Waals surface area contributed by atoms with Gasteiger partial charge in [0, 0.05) is 46.2 Å². The average molecular weight is 350 g/mol. The van der Waals surface area contributed by atoms with Crippen molar-refractivity contribution in [3.05, 3.63) is 48.0 Å². The fourth-order valence-electron chi connectivity index (χ4n) is 2.99. The molecule has 1 aliphatic heterocycles. The van der Waals surface area contributed by atoms with Crippen LogP contribution in [0.4, 0.5) is 0 Å². The molecule has 2 heterocycles. The van der Waals surface area contributed by atoms with Crippen LogP contribution in [0.2, 0.25) is 0 Å². The molecule has 8 heteroatoms. The summed E-state index contributed by atoms with van der Waals surface area (Å²) >= 11 is 0. The van der Waals surface area contributed by atoms with Crippen LogP contribution < -0.4 is 5.32 Å². The van der Waals surface area contributed by atoms with E-state index in [4.69, 9.17) is 4.74 Å². The molecule has 130 valence electrons. The number of nitrogens with one attached hydrogen (secondary N) is 1. The Morgan fingerprint density at radius 1 is 1.42 bits per heavy atom. The highest BCUT2D eigenvalue weighted by molar-refractivity contribution is 7.89. The monoisotopic (exact) mass is 350 g/mol. The van der Waals surface area contributed by atoms with Crippen LogP contribution in [0.3, 0.4) is 0 Å². The van der Waals surface area contributed by atoms with Crippen LogP contribution in [0, 0.1) is 0 Å². The molecule has 1 saturated heterocycles. The second-order valence-electron chi connectivity index (χ2n) is 5.81. The summed E-state index contributed by atoms with van der Waals surface area (Å²) in [7, 11) is -0.143. The minimum atomic E-state index is -3.61. The first-order valence-corrected chi connectivity index (χ1v) is 9.25. The highest BCUT2D eigenvalue weighted by Gasteiger charge is 2.36. The van der Waals surface area contributed by atoms with Crippen LogP contribution in [0.25, 0.3) is 0 Å². The number of hydrogen-bond donors (Lipinski definition) is 1. The lowest BCUT2D eigenvalue weighted by Crippen LogP contribution is -2.49. The van der Waals surface area contributed by atoms with Gasteiger partial charge in [0.15, 0.2) is 0 Å². The molecular formula is C16H22N4O3S. The van der Waals surface area contributed by atoms with Crippen molar-refractivity contribution in [2.45, 2.75) is 17.5 Å². The maximum Gasteiger partial charge on any atom is 0.243 e. The minimum Gasteiger partial charge on any atom is -0.380 e. The molecule has 0 bridgehead atoms. The van der Waals surface area contributed by atoms with Crippen molar-refractivity contribution >= 4 is 10.0 Å². The molecule has 1 aromatic heterocycles. The van der Waals surface area contributed by atoms with Crippen LogP contribution in [-0.2, 0) is 28.4 Å². The van der Waals surface area contributed by atoms with E-state index in [-0.39, 0.29) is 10.9 Å². The van der Waals surface area contributed by atoms with E-state index in [1.165, 1.54) is 4.31 Å². The number of hydrogen-bond acceptors (Lipinski definition) is 5. The van der Waals surface area contributed by atoms with Crippen LogP contribution in [-0.4, -0.2) is 49.0 Å². The van der Waals surface area contributed by atoms with E-state index in [1.54, 1.807) is 31.5 Å². The molecule has 1 aromatic carbocycles. The van der Waals surface area contributed by atoms with Crippen molar-refractivity contribution in [1.82, 2.24) is 19.2 Å². The number of benzene rings is 1. The molecule has 0 amide bonds. The van der Waals surface area contributed by atoms with Gasteiger partial charge in [0.1, 0.15) is 5.82 Å². The summed E-state index contributed by atoms with van der Waals surface area (Å²) in [5.74, 6) is 0.735. The average Bonchev–Trinajstić information content (AvgIpc) is 3.01. The quantitative estimate of drug-likeness (QED) is 0.867. The fraction of sp³-hybridized carbons (Fsp3) is 0.438. The molecule has 0 spiro atoms. The van der Waals surface area contributed by atoms with Crippen molar-refractivity contribution in [2.75, 3.05) is 26.7 Å². The topological polar surface area (TPSA) is 76.5 Å². The number of imidazole rings is 1. The Bertz CT molecular complexity index is 803. The van der Waals surface area contributed by atoms with Gasteiger partial charge in [-0.05, 0) is 17.7 Å². The number of ether oxygens (including phenoxy) is 1. The standard InChI is InChI=1S/C16H22N4O3S/c1-19-8-7-18-16(19)15-11-17-6-9-20(15)24(21,22)14-5-3-4-13(10-14)12-23-2/h3-5,7-8,10,15,17H,6,9,11-12H2,1-2H3. The summed E-state index contributed by atoms with van der Waals surface area (Å²) in [4.78, 5) is 4.63. The van der Waals surface area contributed by atoms with Gasteiger partial charge in [0.2, 0.25) is 10.0 Å². The molecule has 1 fully saturated rings. The maximum absolute atomic E-state index is 13.2. The van der Waals surface area contributed by atoms with Gasteiger partial charge in [0.25, 0.3) is 0 Å². The van der Waals surface area contributed by atoms with E-state index >= 15 is 0 Å². The van der Waals surface area contributed by atoms with Gasteiger partial charge < -0.3 is 14.6 Å². The number of aromatic nitrogens is 2. The van der Waals surface area contributed by atoms with E-state index < -0.39 is 10.0 Å². The molecule has 0 saturated carbocycles. The van der Waals surface area contributed by atoms with Gasteiger partial charge in [-0.1, -0.05) is 12.1 Å². The largest absolute Gasteiger partial charge is 0.380 e. The van der Waals surface area contributed by atoms with Crippen molar-refractivity contribution in [2.24, 2.45) is 7.05 Å². The molecule has 3 rings (SSSR count). The van der Waals surface area contributed by atoms with Crippen molar-refractivity contribution in [3.63, 3.8) is 0 Å². The Hall–Kier alpha value is -1.74. The Kier molecular flexibility index (Phi) is 5.00. The fourth-order valence-corrected chi connectivity index (χ4v) is 4.65. The number of rotatable bonds is 5. The summed E-state index contributed by atoms with van der Waals surface area (Å²) in [5, 5.41) is 3.26. The highest BCUT2D eigenvalue weighted by Crippen LogP contribution is 2.28. The second-order valence-corrected chi connectivity index (χ2v) is 7.70. The third kappa shape index (κ3) is 3.23. The molecular weight excluding hydrogens is 328 g/mol. The molecule has 1 unspecified atom stereocenters. The second kappa shape index (κ2) is 7.02. The molecule has 7 nitrogen and oxygen atoms in total. The van der Waals surface area contributed by atoms with Gasteiger partial charge in [-0.2, -0.15) is 4.31 Å². The lowest BCUT2D eigenvalue weighted by atomic mass is 10.2. The zero-order valence-corrected chi connectivity index (χ0v) is 14.7. The smallest absolute Gasteiger partial charge is 0.243 e. The Balaban J connectivity index is 1.97. The van der Waals surface area contributed by atoms with Gasteiger partial charge in [0.05, 0.1) is 17.5 Å². The molecule has 24 heavy (non-hydrogen) atoms. The van der Waals surface area contributed by atoms with E-state index in [9.17, 15) is 8.42 Å². The predicted molar refractivity (Wildman–Crippen MR) is 89.9 cm³/mol. The summed E-state index contributed by atoms with van der Waals surface area (Å²) < 4.78 is 34.9. The van der Waals surface area contributed by atoms with E-state index in [0.717, 1.165) is 11.4 Å². The van der Waals surface area contributed by atoms with Crippen LogP contribution in [0.5, 0.6) is 0 Å². The van der Waals surface area contributed by atoms with Crippen LogP contribution in [0.1, 0.15) is 17.4 Å². The summed E-state index contributed by atoms with van der Waals surface area (Å²) in [6, 6.07) is 6.59. The van der Waals surface area contributed by atoms with Crippen LogP contribution in [0.15, 0.2) is 41.6 Å². The van der Waals surface area contributed by atoms with E-state index in [0.29, 0.717) is 26.2 Å². The zero-order valence-electron chi connectivity index (χ0n) is 13.8. The van der Waals surface area contributed by atoms with Gasteiger partial charge in [-0.25, -0.2) is 13.4 Å². The Morgan fingerprint density at radius 2 is 2.25 bits per heavy atom. The first-order valence-electron chi connectivity index (χ1n) is 7.81. The molecule has 1 aliphatic rings. The summed E-state index contributed by atoms with van der Waals surface area (Å²) in [6.45, 7) is 1.96.